The molecule has 0 atom stereocenters. The zero-order chi connectivity index (χ0) is 21.0. The fourth-order valence-electron chi connectivity index (χ4n) is 2.92. The van der Waals surface area contributed by atoms with Crippen LogP contribution in [0.2, 0.25) is 5.02 Å². The first-order chi connectivity index (χ1) is 13.9. The number of ether oxygens (including phenoxy) is 1. The molecule has 150 valence electrons. The number of halogens is 1. The van der Waals surface area contributed by atoms with Gasteiger partial charge in [0.2, 0.25) is 11.5 Å². The molecule has 0 bridgehead atoms. The van der Waals surface area contributed by atoms with E-state index in [1.54, 1.807) is 43.0 Å². The van der Waals surface area contributed by atoms with E-state index in [0.717, 1.165) is 15.5 Å². The molecule has 0 spiro atoms. The van der Waals surface area contributed by atoms with Gasteiger partial charge in [0, 0.05) is 22.7 Å². The molecule has 1 aromatic carbocycles. The van der Waals surface area contributed by atoms with E-state index in [4.69, 9.17) is 16.3 Å². The molecule has 0 aliphatic carbocycles. The predicted octanol–water partition coefficient (Wildman–Crippen LogP) is 5.05. The van der Waals surface area contributed by atoms with Gasteiger partial charge in [-0.2, -0.15) is 4.57 Å². The van der Waals surface area contributed by atoms with Gasteiger partial charge in [0.05, 0.1) is 23.5 Å². The van der Waals surface area contributed by atoms with Crippen LogP contribution >= 0.6 is 34.7 Å². The second-order valence-corrected chi connectivity index (χ2v) is 8.88. The monoisotopic (exact) mass is 446 g/mol. The van der Waals surface area contributed by atoms with Crippen LogP contribution < -0.4 is 4.57 Å². The Morgan fingerprint density at radius 3 is 2.38 bits per heavy atom. The van der Waals surface area contributed by atoms with Crippen LogP contribution in [0.25, 0.3) is 5.69 Å². The van der Waals surface area contributed by atoms with Crippen molar-refractivity contribution in [3.63, 3.8) is 0 Å². The summed E-state index contributed by atoms with van der Waals surface area (Å²) in [6, 6.07) is 10.8. The summed E-state index contributed by atoms with van der Waals surface area (Å²) in [4.78, 5) is 26.2. The number of hydrogen-bond donors (Lipinski definition) is 0. The number of carbonyl (C=O) groups is 2. The van der Waals surface area contributed by atoms with Gasteiger partial charge in [-0.1, -0.05) is 11.6 Å². The van der Waals surface area contributed by atoms with Crippen molar-refractivity contribution in [2.24, 2.45) is 0 Å². The minimum atomic E-state index is -0.350. The Balaban J connectivity index is 2.16. The smallest absolute Gasteiger partial charge is 0.310 e. The number of thiophene rings is 1. The molecule has 7 heteroatoms. The number of rotatable bonds is 7. The fourth-order valence-corrected chi connectivity index (χ4v) is 5.06. The Kier molecular flexibility index (Phi) is 7.11. The number of aryl methyl sites for hydroxylation is 1. The number of aromatic nitrogens is 1. The summed E-state index contributed by atoms with van der Waals surface area (Å²) < 4.78 is 8.10. The van der Waals surface area contributed by atoms with Crippen molar-refractivity contribution in [1.29, 1.82) is 0 Å². The van der Waals surface area contributed by atoms with E-state index in [1.165, 1.54) is 11.3 Å². The van der Waals surface area contributed by atoms with Crippen molar-refractivity contribution in [2.45, 2.75) is 24.5 Å². The molecule has 3 aromatic rings. The first-order valence-corrected chi connectivity index (χ1v) is 11.5. The molecule has 0 saturated carbocycles. The van der Waals surface area contributed by atoms with Gasteiger partial charge < -0.3 is 4.74 Å². The number of benzene rings is 1. The zero-order valence-electron chi connectivity index (χ0n) is 16.4. The Morgan fingerprint density at radius 2 is 1.79 bits per heavy atom. The minimum absolute atomic E-state index is 0.0375. The third-order valence-corrected chi connectivity index (χ3v) is 6.91. The van der Waals surface area contributed by atoms with Gasteiger partial charge >= 0.3 is 5.97 Å². The standard InChI is InChI=1S/C22H21ClNO3S2/c1-4-27-18(25)13-17-19(24-11-9-14(2)10-12-24)22(28-3)29-21(17)20(26)15-5-7-16(23)8-6-15/h5-12H,4,13H2,1-3H3/q+1. The van der Waals surface area contributed by atoms with Crippen LogP contribution in [0.5, 0.6) is 0 Å². The van der Waals surface area contributed by atoms with Crippen LogP contribution in [0, 0.1) is 6.92 Å². The molecule has 3 rings (SSSR count). The van der Waals surface area contributed by atoms with Crippen molar-refractivity contribution in [2.75, 3.05) is 12.9 Å². The fraction of sp³-hybridized carbons (Fsp3) is 0.227. The summed E-state index contributed by atoms with van der Waals surface area (Å²) in [6.45, 7) is 4.09. The van der Waals surface area contributed by atoms with Crippen molar-refractivity contribution >= 4 is 46.5 Å². The summed E-state index contributed by atoms with van der Waals surface area (Å²) in [5.74, 6) is -0.475. The highest BCUT2D eigenvalue weighted by atomic mass is 35.5. The van der Waals surface area contributed by atoms with Gasteiger partial charge in [-0.3, -0.25) is 9.59 Å². The molecular weight excluding hydrogens is 426 g/mol. The van der Waals surface area contributed by atoms with Crippen LogP contribution in [-0.2, 0) is 16.0 Å². The van der Waals surface area contributed by atoms with Gasteiger partial charge in [0.1, 0.15) is 4.21 Å². The average Bonchev–Trinajstić information content (AvgIpc) is 3.07. The number of thioether (sulfide) groups is 1. The number of hydrogen-bond acceptors (Lipinski definition) is 5. The van der Waals surface area contributed by atoms with E-state index in [-0.39, 0.29) is 18.2 Å². The number of esters is 1. The lowest BCUT2D eigenvalue weighted by Gasteiger charge is -2.05. The van der Waals surface area contributed by atoms with Gasteiger partial charge in [-0.25, -0.2) is 0 Å². The van der Waals surface area contributed by atoms with E-state index < -0.39 is 0 Å². The Morgan fingerprint density at radius 1 is 1.14 bits per heavy atom. The first kappa shape index (κ1) is 21.6. The molecule has 0 N–H and O–H groups in total. The van der Waals surface area contributed by atoms with Crippen molar-refractivity contribution in [3.05, 3.63) is 75.4 Å². The van der Waals surface area contributed by atoms with Crippen LogP contribution in [-0.4, -0.2) is 24.6 Å². The SMILES string of the molecule is CCOC(=O)Cc1c(C(=O)c2ccc(Cl)cc2)sc(SC)c1-[n+]1ccc(C)cc1. The molecular formula is C22H21ClNO3S2+. The molecule has 0 aliphatic rings. The summed E-state index contributed by atoms with van der Waals surface area (Å²) >= 11 is 8.93. The minimum Gasteiger partial charge on any atom is -0.466 e. The molecule has 0 saturated heterocycles. The second kappa shape index (κ2) is 9.57. The molecule has 4 nitrogen and oxygen atoms in total. The van der Waals surface area contributed by atoms with Crippen molar-refractivity contribution < 1.29 is 18.9 Å². The molecule has 0 radical (unpaired) electrons. The molecule has 0 amide bonds. The van der Waals surface area contributed by atoms with Crippen LogP contribution in [0.4, 0.5) is 0 Å². The van der Waals surface area contributed by atoms with Crippen LogP contribution in [0.15, 0.2) is 53.0 Å². The molecule has 2 aromatic heterocycles. The maximum atomic E-state index is 13.3. The number of nitrogens with zero attached hydrogens (tertiary/aromatic N) is 1. The maximum Gasteiger partial charge on any atom is 0.310 e. The van der Waals surface area contributed by atoms with Crippen molar-refractivity contribution in [1.82, 2.24) is 0 Å². The lowest BCUT2D eigenvalue weighted by molar-refractivity contribution is -0.598. The molecule has 0 aliphatic heterocycles. The summed E-state index contributed by atoms with van der Waals surface area (Å²) in [5.41, 5.74) is 3.21. The lowest BCUT2D eigenvalue weighted by atomic mass is 10.0. The van der Waals surface area contributed by atoms with Gasteiger partial charge in [0.15, 0.2) is 12.4 Å². The van der Waals surface area contributed by atoms with Gasteiger partial charge in [-0.05, 0) is 49.9 Å². The molecule has 0 unspecified atom stereocenters. The van der Waals surface area contributed by atoms with Crippen LogP contribution in [0.3, 0.4) is 0 Å². The molecule has 29 heavy (non-hydrogen) atoms. The summed E-state index contributed by atoms with van der Waals surface area (Å²) in [6.07, 6.45) is 5.90. The summed E-state index contributed by atoms with van der Waals surface area (Å²) in [7, 11) is 0. The maximum absolute atomic E-state index is 13.3. The number of pyridine rings is 1. The lowest BCUT2D eigenvalue weighted by Crippen LogP contribution is -2.31. The average molecular weight is 447 g/mol. The van der Waals surface area contributed by atoms with Crippen molar-refractivity contribution in [3.8, 4) is 5.69 Å². The third-order valence-electron chi connectivity index (χ3n) is 4.33. The molecule has 2 heterocycles. The molecule has 0 fully saturated rings. The Bertz CT molecular complexity index is 1030. The van der Waals surface area contributed by atoms with E-state index in [1.807, 2.05) is 42.3 Å². The first-order valence-electron chi connectivity index (χ1n) is 9.08. The highest BCUT2D eigenvalue weighted by Crippen LogP contribution is 2.37. The topological polar surface area (TPSA) is 47.3 Å². The zero-order valence-corrected chi connectivity index (χ0v) is 18.8. The highest BCUT2D eigenvalue weighted by molar-refractivity contribution is 8.00. The van der Waals surface area contributed by atoms with E-state index >= 15 is 0 Å². The number of carbonyl (C=O) groups excluding carboxylic acids is 2. The van der Waals surface area contributed by atoms with Gasteiger partial charge in [-0.15, -0.1) is 23.1 Å². The highest BCUT2D eigenvalue weighted by Gasteiger charge is 2.31. The van der Waals surface area contributed by atoms with Crippen LogP contribution in [0.1, 0.15) is 33.3 Å². The number of ketones is 1. The second-order valence-electron chi connectivity index (χ2n) is 6.35. The predicted molar refractivity (Wildman–Crippen MR) is 118 cm³/mol. The normalized spacial score (nSPS) is 10.8. The van der Waals surface area contributed by atoms with E-state index in [0.29, 0.717) is 27.6 Å². The third kappa shape index (κ3) is 4.89. The quantitative estimate of drug-likeness (QED) is 0.220. The largest absolute Gasteiger partial charge is 0.466 e. The van der Waals surface area contributed by atoms with E-state index in [9.17, 15) is 9.59 Å². The van der Waals surface area contributed by atoms with E-state index in [2.05, 4.69) is 0 Å². The Hall–Kier alpha value is -2.15. The Labute approximate surface area is 183 Å². The summed E-state index contributed by atoms with van der Waals surface area (Å²) in [5, 5.41) is 0.570. The van der Waals surface area contributed by atoms with Gasteiger partial charge in [0.25, 0.3) is 0 Å².